The molecule has 4 heteroatoms. The molecule has 0 unspecified atom stereocenters. The summed E-state index contributed by atoms with van der Waals surface area (Å²) >= 11 is 0. The van der Waals surface area contributed by atoms with Gasteiger partial charge in [0, 0.05) is 6.54 Å². The second-order valence-electron chi connectivity index (χ2n) is 10.1. The minimum absolute atomic E-state index is 0.103. The van der Waals surface area contributed by atoms with Crippen molar-refractivity contribution in [3.63, 3.8) is 0 Å². The Balaban J connectivity index is 3.04. The van der Waals surface area contributed by atoms with E-state index in [0.717, 1.165) is 25.3 Å². The highest BCUT2D eigenvalue weighted by Crippen LogP contribution is 2.37. The molecule has 0 aromatic rings. The van der Waals surface area contributed by atoms with Crippen molar-refractivity contribution in [1.82, 2.24) is 4.90 Å². The van der Waals surface area contributed by atoms with Crippen molar-refractivity contribution in [3.8, 4) is 0 Å². The minimum atomic E-state index is -1.83. The third-order valence-corrected chi connectivity index (χ3v) is 11.2. The summed E-state index contributed by atoms with van der Waals surface area (Å²) in [5.41, 5.74) is 0. The molecular formula is C24H45NO2Si. The molecule has 1 heterocycles. The van der Waals surface area contributed by atoms with Crippen LogP contribution in [0.4, 0.5) is 0 Å². The molecule has 0 N–H and O–H groups in total. The number of carbonyl (C=O) groups is 1. The fourth-order valence-electron chi connectivity index (χ4n) is 3.71. The van der Waals surface area contributed by atoms with E-state index in [1.54, 1.807) is 6.08 Å². The average molecular weight is 408 g/mol. The van der Waals surface area contributed by atoms with Gasteiger partial charge in [0.2, 0.25) is 14.2 Å². The highest BCUT2D eigenvalue weighted by Gasteiger charge is 2.38. The van der Waals surface area contributed by atoms with Crippen LogP contribution in [0.5, 0.6) is 0 Å². The number of allylic oxidation sites excluding steroid dienone is 1. The third-order valence-electron chi connectivity index (χ3n) is 6.84. The van der Waals surface area contributed by atoms with Gasteiger partial charge in [-0.25, -0.2) is 0 Å². The van der Waals surface area contributed by atoms with Gasteiger partial charge >= 0.3 is 0 Å². The molecule has 0 aromatic heterocycles. The molecule has 1 saturated heterocycles. The fraction of sp³-hybridized carbons (Fsp3) is 0.792. The van der Waals surface area contributed by atoms with Gasteiger partial charge in [0.15, 0.2) is 0 Å². The first-order chi connectivity index (χ1) is 13.0. The molecule has 162 valence electrons. The maximum Gasteiger partial charge on any atom is 0.249 e. The minimum Gasteiger partial charge on any atom is -0.549 e. The number of amides is 1. The van der Waals surface area contributed by atoms with E-state index in [-0.39, 0.29) is 17.0 Å². The number of hydrogen-bond acceptors (Lipinski definition) is 2. The molecule has 1 amide bonds. The lowest BCUT2D eigenvalue weighted by atomic mass is 9.87. The lowest BCUT2D eigenvalue weighted by Gasteiger charge is -2.37. The Morgan fingerprint density at radius 3 is 2.39 bits per heavy atom. The monoisotopic (exact) mass is 407 g/mol. The Bertz CT molecular complexity index is 533. The topological polar surface area (TPSA) is 29.5 Å². The zero-order valence-electron chi connectivity index (χ0n) is 19.8. The zero-order valence-corrected chi connectivity index (χ0v) is 20.8. The van der Waals surface area contributed by atoms with E-state index < -0.39 is 8.32 Å². The number of carbonyl (C=O) groups excluding carboxylic acids is 1. The van der Waals surface area contributed by atoms with Crippen LogP contribution in [-0.4, -0.2) is 31.7 Å². The molecule has 0 saturated carbocycles. The summed E-state index contributed by atoms with van der Waals surface area (Å²) in [6.45, 7) is 18.6. The molecular weight excluding hydrogens is 362 g/mol. The van der Waals surface area contributed by atoms with Crippen LogP contribution < -0.4 is 0 Å². The molecule has 1 aliphatic heterocycles. The van der Waals surface area contributed by atoms with Crippen LogP contribution in [0.25, 0.3) is 0 Å². The lowest BCUT2D eigenvalue weighted by Crippen LogP contribution is -2.43. The first-order valence-corrected chi connectivity index (χ1v) is 14.2. The van der Waals surface area contributed by atoms with E-state index in [9.17, 15) is 4.79 Å². The first-order valence-electron chi connectivity index (χ1n) is 11.3. The molecule has 1 aliphatic rings. The van der Waals surface area contributed by atoms with E-state index in [1.165, 1.54) is 25.7 Å². The van der Waals surface area contributed by atoms with Crippen molar-refractivity contribution in [2.45, 2.75) is 104 Å². The summed E-state index contributed by atoms with van der Waals surface area (Å²) in [4.78, 5) is 14.9. The second kappa shape index (κ2) is 11.2. The quantitative estimate of drug-likeness (QED) is 0.281. The summed E-state index contributed by atoms with van der Waals surface area (Å²) in [5.74, 6) is 1.37. The van der Waals surface area contributed by atoms with Crippen LogP contribution >= 0.6 is 0 Å². The van der Waals surface area contributed by atoms with Crippen molar-refractivity contribution >= 4 is 14.2 Å². The van der Waals surface area contributed by atoms with Crippen molar-refractivity contribution in [1.29, 1.82) is 0 Å². The predicted octanol–water partition coefficient (Wildman–Crippen LogP) is 6.92. The molecule has 0 bridgehead atoms. The van der Waals surface area contributed by atoms with Gasteiger partial charge < -0.3 is 9.33 Å². The molecule has 3 atom stereocenters. The second-order valence-corrected chi connectivity index (χ2v) is 14.8. The molecule has 1 fully saturated rings. The van der Waals surface area contributed by atoms with Crippen LogP contribution in [-0.2, 0) is 9.22 Å². The fourth-order valence-corrected chi connectivity index (χ4v) is 4.49. The lowest BCUT2D eigenvalue weighted by molar-refractivity contribution is -0.128. The maximum atomic E-state index is 12.9. The van der Waals surface area contributed by atoms with Gasteiger partial charge in [-0.05, 0) is 68.3 Å². The van der Waals surface area contributed by atoms with Gasteiger partial charge in [0.05, 0.1) is 12.3 Å². The summed E-state index contributed by atoms with van der Waals surface area (Å²) in [7, 11) is -1.83. The first kappa shape index (κ1) is 25.0. The summed E-state index contributed by atoms with van der Waals surface area (Å²) in [5, 5.41) is 0.176. The zero-order chi connectivity index (χ0) is 21.4. The van der Waals surface area contributed by atoms with Gasteiger partial charge in [-0.1, -0.05) is 60.0 Å². The maximum absolute atomic E-state index is 12.9. The largest absolute Gasteiger partial charge is 0.549 e. The van der Waals surface area contributed by atoms with E-state index in [0.29, 0.717) is 5.92 Å². The predicted molar refractivity (Wildman–Crippen MR) is 124 cm³/mol. The molecule has 0 spiro atoms. The Hall–Kier alpha value is -1.03. The third kappa shape index (κ3) is 7.42. The smallest absolute Gasteiger partial charge is 0.249 e. The van der Waals surface area contributed by atoms with Crippen molar-refractivity contribution < 1.29 is 9.22 Å². The van der Waals surface area contributed by atoms with Crippen LogP contribution in [0, 0.1) is 11.8 Å². The number of hydrogen-bond donors (Lipinski definition) is 0. The number of nitrogens with zero attached hydrogens (tertiary/aromatic N) is 1. The Morgan fingerprint density at radius 2 is 1.82 bits per heavy atom. The van der Waals surface area contributed by atoms with Crippen LogP contribution in [0.1, 0.15) is 80.1 Å². The summed E-state index contributed by atoms with van der Waals surface area (Å²) in [6, 6.07) is 0.103. The molecule has 0 aliphatic carbocycles. The van der Waals surface area contributed by atoms with E-state index >= 15 is 0 Å². The van der Waals surface area contributed by atoms with Crippen molar-refractivity contribution in [3.05, 3.63) is 24.5 Å². The van der Waals surface area contributed by atoms with E-state index in [4.69, 9.17) is 4.43 Å². The molecule has 3 nitrogen and oxygen atoms in total. The number of rotatable bonds is 5. The van der Waals surface area contributed by atoms with Gasteiger partial charge in [0.1, 0.15) is 0 Å². The Labute approximate surface area is 175 Å². The summed E-state index contributed by atoms with van der Waals surface area (Å²) < 4.78 is 6.30. The average Bonchev–Trinajstić information content (AvgIpc) is 2.60. The van der Waals surface area contributed by atoms with Crippen LogP contribution in [0.15, 0.2) is 24.5 Å². The summed E-state index contributed by atoms with van der Waals surface area (Å²) in [6.07, 6.45) is 14.9. The molecule has 1 rings (SSSR count). The highest BCUT2D eigenvalue weighted by atomic mass is 28.4. The highest BCUT2D eigenvalue weighted by molar-refractivity contribution is 6.74. The normalized spacial score (nSPS) is 26.0. The molecule has 0 aromatic carbocycles. The van der Waals surface area contributed by atoms with Crippen LogP contribution in [0.3, 0.4) is 0 Å². The van der Waals surface area contributed by atoms with Gasteiger partial charge in [-0.15, -0.1) is 0 Å². The molecule has 28 heavy (non-hydrogen) atoms. The van der Waals surface area contributed by atoms with E-state index in [2.05, 4.69) is 58.7 Å². The Morgan fingerprint density at radius 1 is 1.18 bits per heavy atom. The van der Waals surface area contributed by atoms with Crippen LogP contribution in [0.2, 0.25) is 18.1 Å². The Kier molecular flexibility index (Phi) is 10.0. The van der Waals surface area contributed by atoms with Crippen molar-refractivity contribution in [2.24, 2.45) is 11.8 Å². The SMILES string of the molecule is C/C=C/C(=O)N1CCC[C@@H](CC)CCC[C@@H](C)[C@@H]1/C=C/O[Si](C)(C)C(C)(C)C. The van der Waals surface area contributed by atoms with E-state index in [1.807, 2.05) is 19.3 Å². The van der Waals surface area contributed by atoms with Gasteiger partial charge in [-0.3, -0.25) is 4.79 Å². The molecule has 0 radical (unpaired) electrons. The standard InChI is InChI=1S/C24H45NO2Si/c1-9-13-23(26)25-18-12-16-21(10-2)15-11-14-20(3)22(25)17-19-27-28(7,8)24(4,5)6/h9,13,17,19-22H,10-12,14-16,18H2,1-8H3/b13-9+,19-17+/t20-,21+,22+/m1/s1. The van der Waals surface area contributed by atoms with Gasteiger partial charge in [-0.2, -0.15) is 0 Å². The van der Waals surface area contributed by atoms with Crippen molar-refractivity contribution in [2.75, 3.05) is 6.54 Å². The van der Waals surface area contributed by atoms with Gasteiger partial charge in [0.25, 0.3) is 0 Å².